The Bertz CT molecular complexity index is 650. The first-order chi connectivity index (χ1) is 10.9. The largest absolute Gasteiger partial charge is 0.478 e. The summed E-state index contributed by atoms with van der Waals surface area (Å²) in [6.07, 6.45) is 6.84. The lowest BCUT2D eigenvalue weighted by Crippen LogP contribution is -2.51. The van der Waals surface area contributed by atoms with Crippen LogP contribution in [0, 0.1) is 23.2 Å². The molecule has 0 saturated heterocycles. The number of carbonyl (C=O) groups excluding carboxylic acids is 1. The lowest BCUT2D eigenvalue weighted by molar-refractivity contribution is -0.140. The minimum atomic E-state index is -1.08. The van der Waals surface area contributed by atoms with Gasteiger partial charge in [-0.05, 0) is 74.5 Å². The molecule has 4 bridgehead atoms. The van der Waals surface area contributed by atoms with E-state index >= 15 is 0 Å². The van der Waals surface area contributed by atoms with E-state index in [2.05, 4.69) is 5.32 Å². The van der Waals surface area contributed by atoms with E-state index in [-0.39, 0.29) is 21.9 Å². The number of carboxylic acids is 1. The van der Waals surface area contributed by atoms with Crippen molar-refractivity contribution in [1.82, 2.24) is 0 Å². The highest BCUT2D eigenvalue weighted by atomic mass is 35.5. The van der Waals surface area contributed by atoms with E-state index in [0.717, 1.165) is 19.3 Å². The Hall–Kier alpha value is -1.55. The molecular formula is C18H20ClNO3. The van der Waals surface area contributed by atoms with Gasteiger partial charge in [0.15, 0.2) is 0 Å². The number of hydrogen-bond donors (Lipinski definition) is 2. The SMILES string of the molecule is O=C(O)c1cc(NC(=O)C23CC4CC(CC(C4)C2)C3)ccc1Cl. The van der Waals surface area contributed by atoms with Gasteiger partial charge in [0, 0.05) is 5.69 Å². The van der Waals surface area contributed by atoms with Crippen LogP contribution in [0.5, 0.6) is 0 Å². The van der Waals surface area contributed by atoms with Gasteiger partial charge in [0.1, 0.15) is 0 Å². The molecule has 5 rings (SSSR count). The van der Waals surface area contributed by atoms with Gasteiger partial charge in [-0.2, -0.15) is 0 Å². The highest BCUT2D eigenvalue weighted by Gasteiger charge is 2.54. The van der Waals surface area contributed by atoms with Crippen molar-refractivity contribution >= 4 is 29.2 Å². The van der Waals surface area contributed by atoms with Gasteiger partial charge in [0.25, 0.3) is 0 Å². The zero-order valence-electron chi connectivity index (χ0n) is 12.8. The fourth-order valence-corrected chi connectivity index (χ4v) is 5.62. The van der Waals surface area contributed by atoms with E-state index in [0.29, 0.717) is 23.4 Å². The Morgan fingerprint density at radius 3 is 2.17 bits per heavy atom. The van der Waals surface area contributed by atoms with E-state index in [9.17, 15) is 9.59 Å². The number of aromatic carboxylic acids is 1. The number of benzene rings is 1. The van der Waals surface area contributed by atoms with E-state index in [1.54, 1.807) is 6.07 Å². The van der Waals surface area contributed by atoms with Gasteiger partial charge >= 0.3 is 5.97 Å². The number of halogens is 1. The quantitative estimate of drug-likeness (QED) is 0.871. The molecule has 1 aromatic rings. The molecular weight excluding hydrogens is 314 g/mol. The lowest BCUT2D eigenvalue weighted by Gasteiger charge is -2.55. The molecule has 122 valence electrons. The second-order valence-corrected chi connectivity index (χ2v) is 8.06. The average Bonchev–Trinajstić information content (AvgIpc) is 2.47. The highest BCUT2D eigenvalue weighted by Crippen LogP contribution is 2.60. The van der Waals surface area contributed by atoms with Gasteiger partial charge in [-0.1, -0.05) is 11.6 Å². The van der Waals surface area contributed by atoms with Gasteiger partial charge in [-0.25, -0.2) is 4.79 Å². The molecule has 23 heavy (non-hydrogen) atoms. The molecule has 4 saturated carbocycles. The van der Waals surface area contributed by atoms with Gasteiger partial charge < -0.3 is 10.4 Å². The molecule has 2 N–H and O–H groups in total. The molecule has 0 unspecified atom stereocenters. The summed E-state index contributed by atoms with van der Waals surface area (Å²) in [5.41, 5.74) is 0.306. The normalized spacial score (nSPS) is 34.4. The van der Waals surface area contributed by atoms with Crippen molar-refractivity contribution in [2.24, 2.45) is 23.2 Å². The van der Waals surface area contributed by atoms with Crippen LogP contribution in [-0.2, 0) is 4.79 Å². The molecule has 0 aromatic heterocycles. The Kier molecular flexibility index (Phi) is 3.41. The lowest BCUT2D eigenvalue weighted by atomic mass is 9.49. The molecule has 4 aliphatic rings. The molecule has 1 amide bonds. The van der Waals surface area contributed by atoms with Crippen molar-refractivity contribution in [2.45, 2.75) is 38.5 Å². The van der Waals surface area contributed by atoms with Crippen molar-refractivity contribution < 1.29 is 14.7 Å². The Morgan fingerprint density at radius 1 is 1.09 bits per heavy atom. The van der Waals surface area contributed by atoms with Crippen LogP contribution in [-0.4, -0.2) is 17.0 Å². The third-order valence-corrected chi connectivity index (χ3v) is 6.30. The number of carbonyl (C=O) groups is 2. The average molecular weight is 334 g/mol. The number of hydrogen-bond acceptors (Lipinski definition) is 2. The predicted molar refractivity (Wildman–Crippen MR) is 87.6 cm³/mol. The van der Waals surface area contributed by atoms with Crippen LogP contribution in [0.2, 0.25) is 5.02 Å². The van der Waals surface area contributed by atoms with Crippen molar-refractivity contribution in [2.75, 3.05) is 5.32 Å². The number of nitrogens with one attached hydrogen (secondary N) is 1. The predicted octanol–water partition coefficient (Wildman–Crippen LogP) is 4.19. The first-order valence-electron chi connectivity index (χ1n) is 8.29. The van der Waals surface area contributed by atoms with Gasteiger partial charge in [0.05, 0.1) is 16.0 Å². The first kappa shape index (κ1) is 15.0. The van der Waals surface area contributed by atoms with Gasteiger partial charge in [-0.15, -0.1) is 0 Å². The van der Waals surface area contributed by atoms with Crippen molar-refractivity contribution in [3.63, 3.8) is 0 Å². The van der Waals surface area contributed by atoms with Crippen molar-refractivity contribution in [3.8, 4) is 0 Å². The van der Waals surface area contributed by atoms with Crippen LogP contribution < -0.4 is 5.32 Å². The summed E-state index contributed by atoms with van der Waals surface area (Å²) in [5, 5.41) is 12.3. The summed E-state index contributed by atoms with van der Waals surface area (Å²) in [5.74, 6) is 1.08. The maximum absolute atomic E-state index is 12.9. The summed E-state index contributed by atoms with van der Waals surface area (Å²) in [7, 11) is 0. The summed E-state index contributed by atoms with van der Waals surface area (Å²) in [4.78, 5) is 24.1. The van der Waals surface area contributed by atoms with Crippen molar-refractivity contribution in [1.29, 1.82) is 0 Å². The smallest absolute Gasteiger partial charge is 0.337 e. The number of anilines is 1. The van der Waals surface area contributed by atoms with E-state index < -0.39 is 5.97 Å². The molecule has 4 aliphatic carbocycles. The van der Waals surface area contributed by atoms with Crippen LogP contribution in [0.1, 0.15) is 48.9 Å². The summed E-state index contributed by atoms with van der Waals surface area (Å²) in [6.45, 7) is 0. The zero-order valence-corrected chi connectivity index (χ0v) is 13.6. The Balaban J connectivity index is 1.56. The van der Waals surface area contributed by atoms with Crippen LogP contribution in [0.4, 0.5) is 5.69 Å². The van der Waals surface area contributed by atoms with Crippen molar-refractivity contribution in [3.05, 3.63) is 28.8 Å². The molecule has 1 aromatic carbocycles. The monoisotopic (exact) mass is 333 g/mol. The summed E-state index contributed by atoms with van der Waals surface area (Å²) < 4.78 is 0. The molecule has 0 spiro atoms. The van der Waals surface area contributed by atoms with E-state index in [1.165, 1.54) is 31.4 Å². The topological polar surface area (TPSA) is 66.4 Å². The second kappa shape index (κ2) is 5.23. The van der Waals surface area contributed by atoms with Crippen LogP contribution in [0.3, 0.4) is 0 Å². The molecule has 4 fully saturated rings. The summed E-state index contributed by atoms with van der Waals surface area (Å²) in [6, 6.07) is 4.65. The highest BCUT2D eigenvalue weighted by molar-refractivity contribution is 6.33. The fourth-order valence-electron chi connectivity index (χ4n) is 5.42. The standard InChI is InChI=1S/C18H20ClNO3/c19-15-2-1-13(6-14(15)16(21)22)20-17(23)18-7-10-3-11(8-18)5-12(4-10)9-18/h1-2,6,10-12H,3-5,7-9H2,(H,20,23)(H,21,22). The third kappa shape index (κ3) is 2.53. The Morgan fingerprint density at radius 2 is 1.65 bits per heavy atom. The summed E-state index contributed by atoms with van der Waals surface area (Å²) >= 11 is 5.89. The zero-order chi connectivity index (χ0) is 16.2. The van der Waals surface area contributed by atoms with Gasteiger partial charge in [-0.3, -0.25) is 4.79 Å². The molecule has 4 nitrogen and oxygen atoms in total. The minimum Gasteiger partial charge on any atom is -0.478 e. The minimum absolute atomic E-state index is 0.0231. The van der Waals surface area contributed by atoms with E-state index in [1.807, 2.05) is 0 Å². The first-order valence-corrected chi connectivity index (χ1v) is 8.67. The fraction of sp³-hybridized carbons (Fsp3) is 0.556. The molecule has 5 heteroatoms. The second-order valence-electron chi connectivity index (χ2n) is 7.65. The van der Waals surface area contributed by atoms with Gasteiger partial charge in [0.2, 0.25) is 5.91 Å². The number of rotatable bonds is 3. The number of carboxylic acid groups (broad SMARTS) is 1. The number of amides is 1. The Labute approximate surface area is 140 Å². The van der Waals surface area contributed by atoms with E-state index in [4.69, 9.17) is 16.7 Å². The molecule has 0 atom stereocenters. The molecule has 0 aliphatic heterocycles. The van der Waals surface area contributed by atoms with Crippen LogP contribution in [0.15, 0.2) is 18.2 Å². The maximum atomic E-state index is 12.9. The van der Waals surface area contributed by atoms with Crippen LogP contribution >= 0.6 is 11.6 Å². The molecule has 0 heterocycles. The molecule has 0 radical (unpaired) electrons. The maximum Gasteiger partial charge on any atom is 0.337 e. The van der Waals surface area contributed by atoms with Crippen LogP contribution in [0.25, 0.3) is 0 Å². The third-order valence-electron chi connectivity index (χ3n) is 5.97.